The van der Waals surface area contributed by atoms with Gasteiger partial charge in [0.15, 0.2) is 18.2 Å². The predicted molar refractivity (Wildman–Crippen MR) is 146 cm³/mol. The predicted octanol–water partition coefficient (Wildman–Crippen LogP) is 4.84. The molecule has 38 heavy (non-hydrogen) atoms. The first kappa shape index (κ1) is 30.5. The summed E-state index contributed by atoms with van der Waals surface area (Å²) in [4.78, 5) is 38.3. The maximum atomic E-state index is 12.8. The number of unbranched alkanes of at least 4 members (excludes halogenated alkanes) is 2. The van der Waals surface area contributed by atoms with E-state index in [1.807, 2.05) is 13.8 Å². The molecule has 0 saturated heterocycles. The van der Waals surface area contributed by atoms with Crippen molar-refractivity contribution in [1.29, 1.82) is 0 Å². The van der Waals surface area contributed by atoms with Gasteiger partial charge in [-0.2, -0.15) is 0 Å². The standard InChI is InChI=1S/C29H41N3O6/c1-21(2)11-8-6-7-9-13-27(33)30-18-23-14-15-25(26(17-23)36-5)38-28(34)24-12-10-16-32(19-24)20-37-29(35)31-22(3)4/h8,10-12,14-17,21-22H,6-7,9,13,18-20H2,1-5H3,(H,30,33)(H,31,35)/b11-8+. The molecular formula is C29H41N3O6. The topological polar surface area (TPSA) is 106 Å². The number of methoxy groups -OCH3 is 1. The Labute approximate surface area is 225 Å². The molecule has 0 saturated carbocycles. The van der Waals surface area contributed by atoms with Crippen molar-refractivity contribution in [3.8, 4) is 11.5 Å². The Balaban J connectivity index is 1.82. The summed E-state index contributed by atoms with van der Waals surface area (Å²) in [6.07, 6.45) is 12.2. The molecule has 1 aliphatic rings. The molecule has 2 N–H and O–H groups in total. The summed E-state index contributed by atoms with van der Waals surface area (Å²) in [5, 5.41) is 5.57. The molecule has 0 bridgehead atoms. The number of rotatable bonds is 14. The third-order valence-electron chi connectivity index (χ3n) is 5.46. The summed E-state index contributed by atoms with van der Waals surface area (Å²) in [7, 11) is 1.49. The van der Waals surface area contributed by atoms with Crippen molar-refractivity contribution < 1.29 is 28.6 Å². The van der Waals surface area contributed by atoms with E-state index in [2.05, 4.69) is 36.6 Å². The van der Waals surface area contributed by atoms with E-state index in [1.165, 1.54) is 7.11 Å². The minimum Gasteiger partial charge on any atom is -0.493 e. The highest BCUT2D eigenvalue weighted by Gasteiger charge is 2.20. The molecule has 0 fully saturated rings. The number of ether oxygens (including phenoxy) is 3. The fourth-order valence-electron chi connectivity index (χ4n) is 3.52. The average molecular weight is 528 g/mol. The minimum atomic E-state index is -0.534. The smallest absolute Gasteiger partial charge is 0.409 e. The van der Waals surface area contributed by atoms with Gasteiger partial charge in [0, 0.05) is 25.2 Å². The van der Waals surface area contributed by atoms with E-state index in [-0.39, 0.29) is 31.0 Å². The molecule has 9 nitrogen and oxygen atoms in total. The zero-order valence-corrected chi connectivity index (χ0v) is 23.1. The molecule has 0 aromatic heterocycles. The van der Waals surface area contributed by atoms with Crippen LogP contribution in [0.5, 0.6) is 11.5 Å². The van der Waals surface area contributed by atoms with Crippen molar-refractivity contribution in [2.24, 2.45) is 5.92 Å². The maximum Gasteiger partial charge on any atom is 0.409 e. The molecule has 2 rings (SSSR count). The van der Waals surface area contributed by atoms with Crippen molar-refractivity contribution in [3.05, 3.63) is 59.8 Å². The molecular weight excluding hydrogens is 486 g/mol. The minimum absolute atomic E-state index is 0.000165. The number of alkyl carbamates (subject to hydrolysis) is 1. The van der Waals surface area contributed by atoms with E-state index in [4.69, 9.17) is 14.2 Å². The van der Waals surface area contributed by atoms with Gasteiger partial charge >= 0.3 is 12.1 Å². The van der Waals surface area contributed by atoms with Crippen LogP contribution in [0, 0.1) is 5.92 Å². The molecule has 1 aromatic carbocycles. The number of amides is 2. The highest BCUT2D eigenvalue weighted by Crippen LogP contribution is 2.29. The molecule has 0 spiro atoms. The van der Waals surface area contributed by atoms with Gasteiger partial charge < -0.3 is 29.7 Å². The summed E-state index contributed by atoms with van der Waals surface area (Å²) in [6.45, 7) is 8.54. The number of carbonyl (C=O) groups excluding carboxylic acids is 3. The van der Waals surface area contributed by atoms with Crippen LogP contribution >= 0.6 is 0 Å². The van der Waals surface area contributed by atoms with E-state index < -0.39 is 12.1 Å². The fourth-order valence-corrected chi connectivity index (χ4v) is 3.52. The lowest BCUT2D eigenvalue weighted by Crippen LogP contribution is -2.35. The zero-order valence-electron chi connectivity index (χ0n) is 23.1. The van der Waals surface area contributed by atoms with E-state index in [1.54, 1.807) is 41.5 Å². The third kappa shape index (κ3) is 11.5. The van der Waals surface area contributed by atoms with Crippen LogP contribution in [0.15, 0.2) is 54.3 Å². The van der Waals surface area contributed by atoms with Crippen LogP contribution in [0.25, 0.3) is 0 Å². The van der Waals surface area contributed by atoms with E-state index in [0.29, 0.717) is 30.2 Å². The van der Waals surface area contributed by atoms with Gasteiger partial charge in [0.1, 0.15) is 0 Å². The Kier molecular flexibility index (Phi) is 13.0. The second kappa shape index (κ2) is 16.2. The molecule has 2 amide bonds. The molecule has 1 heterocycles. The summed E-state index contributed by atoms with van der Waals surface area (Å²) < 4.78 is 16.2. The van der Waals surface area contributed by atoms with Gasteiger partial charge in [-0.05, 0) is 68.9 Å². The average Bonchev–Trinajstić information content (AvgIpc) is 2.88. The number of nitrogens with one attached hydrogen (secondary N) is 2. The number of esters is 1. The Morgan fingerprint density at radius 2 is 1.89 bits per heavy atom. The number of hydrogen-bond donors (Lipinski definition) is 2. The molecule has 0 radical (unpaired) electrons. The number of hydrogen-bond acceptors (Lipinski definition) is 7. The summed E-state index contributed by atoms with van der Waals surface area (Å²) in [5.41, 5.74) is 1.23. The fraction of sp³-hybridized carbons (Fsp3) is 0.483. The second-order valence-electron chi connectivity index (χ2n) is 9.71. The molecule has 1 aliphatic heterocycles. The van der Waals surface area contributed by atoms with Gasteiger partial charge in [0.2, 0.25) is 5.91 Å². The van der Waals surface area contributed by atoms with Crippen LogP contribution < -0.4 is 20.1 Å². The Bertz CT molecular complexity index is 1030. The van der Waals surface area contributed by atoms with Gasteiger partial charge in [0.25, 0.3) is 0 Å². The number of carbonyl (C=O) groups is 3. The largest absolute Gasteiger partial charge is 0.493 e. The SMILES string of the molecule is COc1cc(CNC(=O)CCCC/C=C/C(C)C)ccc1OC(=O)C1=CC=CN(COC(=O)NC(C)C)C1. The second-order valence-corrected chi connectivity index (χ2v) is 9.71. The molecule has 208 valence electrons. The van der Waals surface area contributed by atoms with Crippen molar-refractivity contribution >= 4 is 18.0 Å². The Morgan fingerprint density at radius 3 is 2.61 bits per heavy atom. The van der Waals surface area contributed by atoms with Gasteiger partial charge in [-0.3, -0.25) is 4.79 Å². The Morgan fingerprint density at radius 1 is 1.11 bits per heavy atom. The highest BCUT2D eigenvalue weighted by atomic mass is 16.6. The number of benzene rings is 1. The van der Waals surface area contributed by atoms with Crippen LogP contribution in [0.4, 0.5) is 4.79 Å². The van der Waals surface area contributed by atoms with Crippen LogP contribution in [0.2, 0.25) is 0 Å². The van der Waals surface area contributed by atoms with Crippen molar-refractivity contribution in [2.45, 2.75) is 66.0 Å². The molecule has 0 aliphatic carbocycles. The van der Waals surface area contributed by atoms with E-state index in [9.17, 15) is 14.4 Å². The monoisotopic (exact) mass is 527 g/mol. The van der Waals surface area contributed by atoms with Crippen LogP contribution in [0.1, 0.15) is 58.9 Å². The zero-order chi connectivity index (χ0) is 27.9. The first-order chi connectivity index (χ1) is 18.2. The first-order valence-corrected chi connectivity index (χ1v) is 13.0. The van der Waals surface area contributed by atoms with Crippen LogP contribution in [0.3, 0.4) is 0 Å². The van der Waals surface area contributed by atoms with E-state index >= 15 is 0 Å². The summed E-state index contributed by atoms with van der Waals surface area (Å²) in [6, 6.07) is 5.14. The van der Waals surface area contributed by atoms with E-state index in [0.717, 1.165) is 24.8 Å². The summed E-state index contributed by atoms with van der Waals surface area (Å²) >= 11 is 0. The quantitative estimate of drug-likeness (QED) is 0.154. The van der Waals surface area contributed by atoms with Gasteiger partial charge in [-0.1, -0.05) is 32.1 Å². The van der Waals surface area contributed by atoms with Gasteiger partial charge in [-0.25, -0.2) is 9.59 Å². The summed E-state index contributed by atoms with van der Waals surface area (Å²) in [5.74, 6) is 0.678. The molecule has 0 unspecified atom stereocenters. The van der Waals surface area contributed by atoms with Crippen molar-refractivity contribution in [2.75, 3.05) is 20.4 Å². The lowest BCUT2D eigenvalue weighted by Gasteiger charge is -2.23. The normalized spacial score (nSPS) is 13.0. The Hall–Kier alpha value is -3.75. The number of nitrogens with zero attached hydrogens (tertiary/aromatic N) is 1. The molecule has 0 atom stereocenters. The van der Waals surface area contributed by atoms with Crippen molar-refractivity contribution in [3.63, 3.8) is 0 Å². The van der Waals surface area contributed by atoms with Crippen molar-refractivity contribution in [1.82, 2.24) is 15.5 Å². The lowest BCUT2D eigenvalue weighted by atomic mass is 10.1. The lowest BCUT2D eigenvalue weighted by molar-refractivity contribution is -0.130. The highest BCUT2D eigenvalue weighted by molar-refractivity contribution is 5.91. The van der Waals surface area contributed by atoms with Gasteiger partial charge in [-0.15, -0.1) is 0 Å². The molecule has 1 aromatic rings. The molecule has 9 heteroatoms. The van der Waals surface area contributed by atoms with Crippen LogP contribution in [-0.4, -0.2) is 49.3 Å². The van der Waals surface area contributed by atoms with Gasteiger partial charge in [0.05, 0.1) is 19.2 Å². The van der Waals surface area contributed by atoms with Crippen LogP contribution in [-0.2, 0) is 20.9 Å². The third-order valence-corrected chi connectivity index (χ3v) is 5.46. The maximum absolute atomic E-state index is 12.8. The first-order valence-electron chi connectivity index (χ1n) is 13.0. The number of allylic oxidation sites excluding steroid dienone is 4.